The third-order valence-electron chi connectivity index (χ3n) is 5.79. The van der Waals surface area contributed by atoms with E-state index in [0.717, 1.165) is 42.5 Å². The van der Waals surface area contributed by atoms with Gasteiger partial charge in [0.25, 0.3) is 5.91 Å². The number of carbonyl (C=O) groups is 2. The Morgan fingerprint density at radius 2 is 1.70 bits per heavy atom. The molecule has 0 spiro atoms. The Bertz CT molecular complexity index is 1720. The highest BCUT2D eigenvalue weighted by molar-refractivity contribution is 6.01. The van der Waals surface area contributed by atoms with Gasteiger partial charge in [0.15, 0.2) is 0 Å². The van der Waals surface area contributed by atoms with E-state index >= 15 is 4.39 Å². The molecule has 0 saturated carbocycles. The van der Waals surface area contributed by atoms with Gasteiger partial charge in [0, 0.05) is 25.0 Å². The van der Waals surface area contributed by atoms with Gasteiger partial charge in [-0.1, -0.05) is 18.7 Å². The zero-order chi connectivity index (χ0) is 32.4. The van der Waals surface area contributed by atoms with Crippen LogP contribution < -0.4 is 15.7 Å². The van der Waals surface area contributed by atoms with Gasteiger partial charge < -0.3 is 15.5 Å². The number of aromatic nitrogens is 4. The summed E-state index contributed by atoms with van der Waals surface area (Å²) >= 11 is 0. The predicted molar refractivity (Wildman–Crippen MR) is 143 cm³/mol. The molecule has 2 aromatic carbocycles. The van der Waals surface area contributed by atoms with E-state index in [2.05, 4.69) is 37.1 Å². The molecule has 0 bridgehead atoms. The molecule has 10 nitrogen and oxygen atoms in total. The van der Waals surface area contributed by atoms with Gasteiger partial charge in [-0.05, 0) is 48.9 Å². The molecular weight excluding hydrogens is 603 g/mol. The average Bonchev–Trinajstić information content (AvgIpc) is 3.27. The molecule has 2 heterocycles. The van der Waals surface area contributed by atoms with Crippen LogP contribution in [0.1, 0.15) is 11.3 Å². The lowest BCUT2D eigenvalue weighted by atomic mass is 10.1. The van der Waals surface area contributed by atoms with Gasteiger partial charge in [0.2, 0.25) is 5.95 Å². The highest BCUT2D eigenvalue weighted by Crippen LogP contribution is 2.35. The number of nitrogens with zero attached hydrogens (tertiary/aromatic N) is 5. The zero-order valence-electron chi connectivity index (χ0n) is 22.6. The maximum atomic E-state index is 15.0. The summed E-state index contributed by atoms with van der Waals surface area (Å²) in [6.07, 6.45) is -6.65. The Kier molecular flexibility index (Phi) is 8.59. The van der Waals surface area contributed by atoms with E-state index in [1.165, 1.54) is 10.9 Å². The Morgan fingerprint density at radius 1 is 1.02 bits per heavy atom. The van der Waals surface area contributed by atoms with Crippen molar-refractivity contribution in [1.29, 1.82) is 0 Å². The molecule has 0 atom stereocenters. The molecular formula is C27H20F7N7O3. The fraction of sp³-hybridized carbons (Fsp3) is 0.148. The molecule has 230 valence electrons. The Labute approximate surface area is 243 Å². The monoisotopic (exact) mass is 623 g/mol. The third-order valence-corrected chi connectivity index (χ3v) is 5.79. The summed E-state index contributed by atoms with van der Waals surface area (Å²) in [4.78, 5) is 36.4. The standard InChI is InChI=1S/C27H20F7N7O3/c1-4-22(42)41(44-24(43)27(32,33)34)17-9-10-19(28)20(11-17)36-23-18(15-5-7-16(8-6-15)26(29,30)31)12-35-25(38-23)37-21-13-40(3)39-14(21)2/h4-13H,1H2,2-3H3,(H2,35,36,37,38). The highest BCUT2D eigenvalue weighted by Gasteiger charge is 2.43. The number of hydroxylamine groups is 1. The first kappa shape index (κ1) is 31.5. The van der Waals surface area contributed by atoms with Crippen molar-refractivity contribution in [2.45, 2.75) is 19.3 Å². The molecule has 2 aromatic heterocycles. The number of amides is 1. The molecule has 0 aliphatic rings. The van der Waals surface area contributed by atoms with Crippen molar-refractivity contribution in [3.63, 3.8) is 0 Å². The minimum absolute atomic E-state index is 0.0393. The molecule has 2 N–H and O–H groups in total. The van der Waals surface area contributed by atoms with Gasteiger partial charge >= 0.3 is 18.3 Å². The van der Waals surface area contributed by atoms with E-state index in [0.29, 0.717) is 17.5 Å². The van der Waals surface area contributed by atoms with Crippen molar-refractivity contribution in [3.05, 3.63) is 84.6 Å². The van der Waals surface area contributed by atoms with Crippen LogP contribution in [-0.2, 0) is 27.7 Å². The van der Waals surface area contributed by atoms with Crippen LogP contribution in [0.3, 0.4) is 0 Å². The Morgan fingerprint density at radius 3 is 2.27 bits per heavy atom. The van der Waals surface area contributed by atoms with E-state index in [1.54, 1.807) is 20.2 Å². The van der Waals surface area contributed by atoms with Crippen LogP contribution >= 0.6 is 0 Å². The fourth-order valence-corrected chi connectivity index (χ4v) is 3.74. The molecule has 4 aromatic rings. The molecule has 0 aliphatic carbocycles. The van der Waals surface area contributed by atoms with Gasteiger partial charge in [-0.15, -0.1) is 5.06 Å². The van der Waals surface area contributed by atoms with Crippen molar-refractivity contribution in [2.24, 2.45) is 7.05 Å². The van der Waals surface area contributed by atoms with E-state index in [9.17, 15) is 35.9 Å². The van der Waals surface area contributed by atoms with Crippen LogP contribution in [0.4, 0.5) is 59.6 Å². The average molecular weight is 623 g/mol. The fourth-order valence-electron chi connectivity index (χ4n) is 3.74. The van der Waals surface area contributed by atoms with E-state index < -0.39 is 47.0 Å². The van der Waals surface area contributed by atoms with Gasteiger partial charge in [-0.2, -0.15) is 36.4 Å². The lowest BCUT2D eigenvalue weighted by Crippen LogP contribution is -2.38. The molecule has 0 unspecified atom stereocenters. The SMILES string of the molecule is C=CC(=O)N(OC(=O)C(F)(F)F)c1ccc(F)c(Nc2nc(Nc3cn(C)nc3C)ncc2-c2ccc(C(F)(F)F)cc2)c1. The second-order valence-corrected chi connectivity index (χ2v) is 8.96. The van der Waals surface area contributed by atoms with Crippen LogP contribution in [-0.4, -0.2) is 37.8 Å². The quantitative estimate of drug-likeness (QED) is 0.139. The van der Waals surface area contributed by atoms with Crippen LogP contribution in [0.15, 0.2) is 67.5 Å². The first-order chi connectivity index (χ1) is 20.6. The van der Waals surface area contributed by atoms with Crippen molar-refractivity contribution >= 4 is 40.7 Å². The van der Waals surface area contributed by atoms with Crippen molar-refractivity contribution in [3.8, 4) is 11.1 Å². The van der Waals surface area contributed by atoms with Crippen molar-refractivity contribution < 1.29 is 45.2 Å². The minimum atomic E-state index is -5.46. The maximum Gasteiger partial charge on any atom is 0.493 e. The number of carbonyl (C=O) groups excluding carboxylic acids is 2. The number of benzene rings is 2. The largest absolute Gasteiger partial charge is 0.493 e. The van der Waals surface area contributed by atoms with E-state index in [1.807, 2.05) is 0 Å². The molecule has 1 amide bonds. The van der Waals surface area contributed by atoms with Crippen LogP contribution in [0, 0.1) is 12.7 Å². The van der Waals surface area contributed by atoms with Crippen LogP contribution in [0.2, 0.25) is 0 Å². The van der Waals surface area contributed by atoms with Crippen molar-refractivity contribution in [2.75, 3.05) is 15.7 Å². The molecule has 4 rings (SSSR count). The topological polar surface area (TPSA) is 114 Å². The normalized spacial score (nSPS) is 11.6. The van der Waals surface area contributed by atoms with Crippen molar-refractivity contribution in [1.82, 2.24) is 19.7 Å². The summed E-state index contributed by atoms with van der Waals surface area (Å²) in [5.41, 5.74) is -0.562. The van der Waals surface area contributed by atoms with E-state index in [4.69, 9.17) is 0 Å². The third kappa shape index (κ3) is 7.11. The molecule has 0 saturated heterocycles. The second-order valence-electron chi connectivity index (χ2n) is 8.96. The van der Waals surface area contributed by atoms with Gasteiger partial charge in [-0.3, -0.25) is 9.48 Å². The number of rotatable bonds is 7. The summed E-state index contributed by atoms with van der Waals surface area (Å²) in [7, 11) is 1.67. The molecule has 17 heteroatoms. The predicted octanol–water partition coefficient (Wildman–Crippen LogP) is 6.37. The summed E-state index contributed by atoms with van der Waals surface area (Å²) in [5, 5.41) is 9.69. The van der Waals surface area contributed by atoms with Gasteiger partial charge in [0.1, 0.15) is 11.6 Å². The van der Waals surface area contributed by atoms with Gasteiger partial charge in [-0.25, -0.2) is 14.2 Å². The summed E-state index contributed by atoms with van der Waals surface area (Å²) in [6.45, 7) is 4.84. The molecule has 0 aliphatic heterocycles. The lowest BCUT2D eigenvalue weighted by molar-refractivity contribution is -0.201. The zero-order valence-corrected chi connectivity index (χ0v) is 22.6. The summed E-state index contributed by atoms with van der Waals surface area (Å²) in [5.74, 6) is -5.21. The van der Waals surface area contributed by atoms with Gasteiger partial charge in [0.05, 0.1) is 28.3 Å². The molecule has 44 heavy (non-hydrogen) atoms. The number of hydrogen-bond acceptors (Lipinski definition) is 8. The Balaban J connectivity index is 1.78. The first-order valence-electron chi connectivity index (χ1n) is 12.2. The number of alkyl halides is 6. The Hall–Kier alpha value is -5.48. The van der Waals surface area contributed by atoms with Crippen LogP contribution in [0.25, 0.3) is 11.1 Å². The molecule has 0 radical (unpaired) electrons. The maximum absolute atomic E-state index is 15.0. The number of hydrogen-bond donors (Lipinski definition) is 2. The number of anilines is 5. The summed E-state index contributed by atoms with van der Waals surface area (Å²) in [6, 6.07) is 6.38. The summed E-state index contributed by atoms with van der Waals surface area (Å²) < 4.78 is 94.4. The number of nitrogens with one attached hydrogen (secondary N) is 2. The minimum Gasteiger partial charge on any atom is -0.337 e. The number of aryl methyl sites for hydroxylation is 2. The van der Waals surface area contributed by atoms with Crippen LogP contribution in [0.5, 0.6) is 0 Å². The number of halogens is 7. The van der Waals surface area contributed by atoms with E-state index in [-0.39, 0.29) is 28.0 Å². The highest BCUT2D eigenvalue weighted by atomic mass is 19.4. The molecule has 0 fully saturated rings. The first-order valence-corrected chi connectivity index (χ1v) is 12.2. The lowest BCUT2D eigenvalue weighted by Gasteiger charge is -2.21. The smallest absolute Gasteiger partial charge is 0.337 e. The second kappa shape index (κ2) is 12.0.